The Balaban J connectivity index is 1.90. The molecule has 1 fully saturated rings. The molecule has 6 heteroatoms. The van der Waals surface area contributed by atoms with Crippen molar-refractivity contribution >= 4 is 5.91 Å². The topological polar surface area (TPSA) is 59.0 Å². The van der Waals surface area contributed by atoms with E-state index < -0.39 is 6.29 Å². The standard InChI is InChI=1S/C24H34FNO4/c1-2-29-24-20(9-8-16-27)21(18-10-12-19(25)13-11-18)17-22(30-24)23(28)26-14-6-4-3-5-7-15-26/h10-13,17,20-21,24,27H,2-9,14-16H2,1H3/t20-,21+,24+/m1/s1. The lowest BCUT2D eigenvalue weighted by Crippen LogP contribution is -2.41. The van der Waals surface area contributed by atoms with Crippen LogP contribution in [-0.4, -0.2) is 48.5 Å². The Bertz CT molecular complexity index is 698. The molecule has 2 aliphatic rings. The fourth-order valence-corrected chi connectivity index (χ4v) is 4.43. The Hall–Kier alpha value is -1.92. The van der Waals surface area contributed by atoms with Gasteiger partial charge in [-0.2, -0.15) is 0 Å². The third-order valence-electron chi connectivity index (χ3n) is 6.02. The minimum absolute atomic E-state index is 0.0635. The van der Waals surface area contributed by atoms with Gasteiger partial charge in [0.25, 0.3) is 5.91 Å². The molecule has 1 aromatic rings. The van der Waals surface area contributed by atoms with Crippen LogP contribution in [0.3, 0.4) is 0 Å². The predicted molar refractivity (Wildman–Crippen MR) is 113 cm³/mol. The normalized spacial score (nSPS) is 25.1. The number of likely N-dealkylation sites (tertiary alicyclic amines) is 1. The molecule has 0 saturated carbocycles. The van der Waals surface area contributed by atoms with Crippen molar-refractivity contribution in [2.24, 2.45) is 5.92 Å². The second kappa shape index (κ2) is 11.5. The van der Waals surface area contributed by atoms with Crippen molar-refractivity contribution in [2.45, 2.75) is 64.1 Å². The van der Waals surface area contributed by atoms with Crippen molar-refractivity contribution in [1.29, 1.82) is 0 Å². The lowest BCUT2D eigenvalue weighted by atomic mass is 9.80. The van der Waals surface area contributed by atoms with Gasteiger partial charge in [-0.1, -0.05) is 31.4 Å². The molecule has 1 N–H and O–H groups in total. The van der Waals surface area contributed by atoms with Crippen LogP contribution in [0.5, 0.6) is 0 Å². The number of carbonyl (C=O) groups is 1. The SMILES string of the molecule is CCO[C@H]1OC(C(=O)N2CCCCCCC2)=C[C@@H](c2ccc(F)cc2)[C@H]1CCCO. The quantitative estimate of drug-likeness (QED) is 0.713. The average Bonchev–Trinajstić information content (AvgIpc) is 2.72. The molecule has 0 aliphatic carbocycles. The van der Waals surface area contributed by atoms with Crippen molar-refractivity contribution in [3.8, 4) is 0 Å². The largest absolute Gasteiger partial charge is 0.459 e. The third-order valence-corrected chi connectivity index (χ3v) is 6.02. The Morgan fingerprint density at radius 1 is 1.17 bits per heavy atom. The first-order valence-corrected chi connectivity index (χ1v) is 11.3. The molecule has 0 spiro atoms. The highest BCUT2D eigenvalue weighted by Crippen LogP contribution is 2.39. The van der Waals surface area contributed by atoms with Gasteiger partial charge < -0.3 is 19.5 Å². The summed E-state index contributed by atoms with van der Waals surface area (Å²) < 4.78 is 25.5. The van der Waals surface area contributed by atoms with E-state index in [9.17, 15) is 14.3 Å². The van der Waals surface area contributed by atoms with Crippen molar-refractivity contribution in [1.82, 2.24) is 4.90 Å². The number of hydrogen-bond acceptors (Lipinski definition) is 4. The van der Waals surface area contributed by atoms with E-state index >= 15 is 0 Å². The van der Waals surface area contributed by atoms with Crippen LogP contribution in [0.4, 0.5) is 4.39 Å². The molecule has 0 bridgehead atoms. The predicted octanol–water partition coefficient (Wildman–Crippen LogP) is 4.37. The molecular weight excluding hydrogens is 385 g/mol. The second-order valence-electron chi connectivity index (χ2n) is 8.14. The highest BCUT2D eigenvalue weighted by molar-refractivity contribution is 5.91. The number of allylic oxidation sites excluding steroid dienone is 1. The highest BCUT2D eigenvalue weighted by atomic mass is 19.1. The summed E-state index contributed by atoms with van der Waals surface area (Å²) in [7, 11) is 0. The van der Waals surface area contributed by atoms with E-state index in [1.54, 1.807) is 12.1 Å². The summed E-state index contributed by atoms with van der Waals surface area (Å²) in [6, 6.07) is 6.40. The summed E-state index contributed by atoms with van der Waals surface area (Å²) in [4.78, 5) is 15.2. The number of nitrogens with zero attached hydrogens (tertiary/aromatic N) is 1. The van der Waals surface area contributed by atoms with Gasteiger partial charge in [-0.25, -0.2) is 4.39 Å². The number of amides is 1. The summed E-state index contributed by atoms with van der Waals surface area (Å²) in [6.07, 6.45) is 8.14. The van der Waals surface area contributed by atoms with Crippen LogP contribution in [0.1, 0.15) is 63.4 Å². The summed E-state index contributed by atoms with van der Waals surface area (Å²) in [5.41, 5.74) is 0.922. The first kappa shape index (κ1) is 22.8. The summed E-state index contributed by atoms with van der Waals surface area (Å²) >= 11 is 0. The fraction of sp³-hybridized carbons (Fsp3) is 0.625. The Labute approximate surface area is 178 Å². The van der Waals surface area contributed by atoms with Gasteiger partial charge >= 0.3 is 0 Å². The maximum Gasteiger partial charge on any atom is 0.288 e. The maximum absolute atomic E-state index is 13.5. The average molecular weight is 420 g/mol. The minimum Gasteiger partial charge on any atom is -0.459 e. The molecule has 3 rings (SSSR count). The van der Waals surface area contributed by atoms with Gasteiger partial charge in [-0.15, -0.1) is 0 Å². The van der Waals surface area contributed by atoms with E-state index in [-0.39, 0.29) is 30.2 Å². The van der Waals surface area contributed by atoms with Crippen LogP contribution in [0.15, 0.2) is 36.1 Å². The minimum atomic E-state index is -0.574. The lowest BCUT2D eigenvalue weighted by molar-refractivity contribution is -0.170. The van der Waals surface area contributed by atoms with Crippen LogP contribution in [0, 0.1) is 11.7 Å². The van der Waals surface area contributed by atoms with E-state index in [0.29, 0.717) is 25.2 Å². The van der Waals surface area contributed by atoms with Gasteiger partial charge in [0.15, 0.2) is 5.76 Å². The van der Waals surface area contributed by atoms with E-state index in [1.807, 2.05) is 17.9 Å². The molecule has 1 aromatic carbocycles. The van der Waals surface area contributed by atoms with Crippen LogP contribution in [-0.2, 0) is 14.3 Å². The van der Waals surface area contributed by atoms with Crippen molar-refractivity contribution in [2.75, 3.05) is 26.3 Å². The molecule has 2 heterocycles. The Morgan fingerprint density at radius 3 is 2.47 bits per heavy atom. The number of hydrogen-bond donors (Lipinski definition) is 1. The third kappa shape index (κ3) is 5.82. The molecule has 2 aliphatic heterocycles. The number of aliphatic hydroxyl groups is 1. The van der Waals surface area contributed by atoms with Crippen molar-refractivity contribution < 1.29 is 23.8 Å². The first-order valence-electron chi connectivity index (χ1n) is 11.3. The molecule has 166 valence electrons. The van der Waals surface area contributed by atoms with Gasteiger partial charge in [0.1, 0.15) is 5.82 Å². The zero-order chi connectivity index (χ0) is 21.3. The van der Waals surface area contributed by atoms with Crippen LogP contribution < -0.4 is 0 Å². The second-order valence-corrected chi connectivity index (χ2v) is 8.14. The Morgan fingerprint density at radius 2 is 1.83 bits per heavy atom. The van der Waals surface area contributed by atoms with Gasteiger partial charge in [-0.3, -0.25) is 4.79 Å². The van der Waals surface area contributed by atoms with Gasteiger partial charge in [0.2, 0.25) is 6.29 Å². The van der Waals surface area contributed by atoms with E-state index in [0.717, 1.165) is 44.3 Å². The number of ether oxygens (including phenoxy) is 2. The van der Waals surface area contributed by atoms with Crippen LogP contribution in [0.2, 0.25) is 0 Å². The van der Waals surface area contributed by atoms with Gasteiger partial charge in [0, 0.05) is 38.1 Å². The molecule has 0 aromatic heterocycles. The van der Waals surface area contributed by atoms with E-state index in [4.69, 9.17) is 9.47 Å². The number of benzene rings is 1. The van der Waals surface area contributed by atoms with E-state index in [2.05, 4.69) is 0 Å². The molecule has 30 heavy (non-hydrogen) atoms. The van der Waals surface area contributed by atoms with Crippen LogP contribution in [0.25, 0.3) is 0 Å². The van der Waals surface area contributed by atoms with Crippen LogP contribution >= 0.6 is 0 Å². The van der Waals surface area contributed by atoms with Gasteiger partial charge in [0.05, 0.1) is 0 Å². The molecule has 3 atom stereocenters. The zero-order valence-electron chi connectivity index (χ0n) is 17.9. The maximum atomic E-state index is 13.5. The molecule has 0 radical (unpaired) electrons. The summed E-state index contributed by atoms with van der Waals surface area (Å²) in [6.45, 7) is 3.93. The molecule has 1 amide bonds. The lowest BCUT2D eigenvalue weighted by Gasteiger charge is -2.38. The summed E-state index contributed by atoms with van der Waals surface area (Å²) in [5.74, 6) is -0.263. The highest BCUT2D eigenvalue weighted by Gasteiger charge is 2.38. The molecule has 5 nitrogen and oxygen atoms in total. The smallest absolute Gasteiger partial charge is 0.288 e. The molecular formula is C24H34FNO4. The number of halogens is 1. The summed E-state index contributed by atoms with van der Waals surface area (Å²) in [5, 5.41) is 9.36. The monoisotopic (exact) mass is 419 g/mol. The number of carbonyl (C=O) groups excluding carboxylic acids is 1. The number of rotatable bonds is 7. The van der Waals surface area contributed by atoms with E-state index in [1.165, 1.54) is 18.6 Å². The first-order chi connectivity index (χ1) is 14.6. The fourth-order valence-electron chi connectivity index (χ4n) is 4.43. The zero-order valence-corrected chi connectivity index (χ0v) is 17.9. The molecule has 1 saturated heterocycles. The van der Waals surface area contributed by atoms with Crippen molar-refractivity contribution in [3.05, 3.63) is 47.5 Å². The van der Waals surface area contributed by atoms with Gasteiger partial charge in [-0.05, 0) is 56.4 Å². The van der Waals surface area contributed by atoms with Crippen molar-refractivity contribution in [3.63, 3.8) is 0 Å². The number of aliphatic hydroxyl groups excluding tert-OH is 1. The molecule has 0 unspecified atom stereocenters. The Kier molecular flexibility index (Phi) is 8.70.